The van der Waals surface area contributed by atoms with Crippen LogP contribution in [0.2, 0.25) is 13.3 Å². The third-order valence-corrected chi connectivity index (χ3v) is 17.1. The summed E-state index contributed by atoms with van der Waals surface area (Å²) in [6.07, 6.45) is 14.4. The number of unbranched alkanes of at least 4 members (excludes halogenated alkanes) is 3. The molecule has 1 aliphatic rings. The summed E-state index contributed by atoms with van der Waals surface area (Å²) >= 11 is -2.33. The predicted molar refractivity (Wildman–Crippen MR) is 87.9 cm³/mol. The van der Waals surface area contributed by atoms with Crippen molar-refractivity contribution < 1.29 is 3.07 Å². The van der Waals surface area contributed by atoms with Crippen LogP contribution >= 0.6 is 0 Å². The molecule has 0 saturated heterocycles. The summed E-state index contributed by atoms with van der Waals surface area (Å²) in [6.45, 7) is 6.97. The fraction of sp³-hybridized carbons (Fsp3) is 0.882. The standard InChI is InChI=1S/C5H8O.3C4H9.Sn/c6-5-3-1-2-4-5;3*1-3-4-2;/h3,6H,1-2,4H2;3*1,3-4H2,2H3;/q;;;;+1/p-1. The van der Waals surface area contributed by atoms with Gasteiger partial charge in [0, 0.05) is 0 Å². The normalized spacial score (nSPS) is 15.6. The summed E-state index contributed by atoms with van der Waals surface area (Å²) in [5.74, 6) is 1.39. The second-order valence-corrected chi connectivity index (χ2v) is 17.8. The monoisotopic (exact) mass is 374 g/mol. The van der Waals surface area contributed by atoms with E-state index < -0.39 is 18.8 Å². The minimum absolute atomic E-state index is 1.23. The molecule has 0 bridgehead atoms. The Labute approximate surface area is 125 Å². The first kappa shape index (κ1) is 17.4. The molecule has 1 aliphatic carbocycles. The molecule has 1 rings (SSSR count). The van der Waals surface area contributed by atoms with Gasteiger partial charge in [0.25, 0.3) is 0 Å². The van der Waals surface area contributed by atoms with Crippen LogP contribution in [0, 0.1) is 0 Å². The van der Waals surface area contributed by atoms with E-state index in [0.717, 1.165) is 0 Å². The van der Waals surface area contributed by atoms with Crippen molar-refractivity contribution in [2.24, 2.45) is 0 Å². The Hall–Kier alpha value is 0.339. The first-order valence-electron chi connectivity index (χ1n) is 8.64. The van der Waals surface area contributed by atoms with Gasteiger partial charge in [-0.05, 0) is 0 Å². The van der Waals surface area contributed by atoms with Crippen LogP contribution in [-0.4, -0.2) is 18.8 Å². The quantitative estimate of drug-likeness (QED) is 0.380. The first-order chi connectivity index (χ1) is 9.26. The Kier molecular flexibility index (Phi) is 9.26. The molecule has 0 spiro atoms. The molecule has 2 heteroatoms. The van der Waals surface area contributed by atoms with E-state index in [0.29, 0.717) is 0 Å². The number of rotatable bonds is 11. The summed E-state index contributed by atoms with van der Waals surface area (Å²) in [5.41, 5.74) is 0. The molecule has 0 saturated carbocycles. The molecule has 0 amide bonds. The topological polar surface area (TPSA) is 9.23 Å². The van der Waals surface area contributed by atoms with Gasteiger partial charge in [0.05, 0.1) is 0 Å². The summed E-state index contributed by atoms with van der Waals surface area (Å²) in [7, 11) is 0. The van der Waals surface area contributed by atoms with Crippen LogP contribution < -0.4 is 0 Å². The van der Waals surface area contributed by atoms with Crippen molar-refractivity contribution in [3.8, 4) is 0 Å². The SMILES string of the molecule is CCC[CH2][Sn]([CH2]CCC)([CH2]CCC)[O]C1=CCCC1. The predicted octanol–water partition coefficient (Wildman–Crippen LogP) is 6.42. The van der Waals surface area contributed by atoms with Crippen molar-refractivity contribution in [3.63, 3.8) is 0 Å². The summed E-state index contributed by atoms with van der Waals surface area (Å²) in [6, 6.07) is 0. The van der Waals surface area contributed by atoms with Crippen molar-refractivity contribution in [3.05, 3.63) is 11.8 Å². The van der Waals surface area contributed by atoms with Gasteiger partial charge in [-0.15, -0.1) is 0 Å². The molecule has 0 fully saturated rings. The molecule has 0 radical (unpaired) electrons. The molecular weight excluding hydrogens is 339 g/mol. The Bertz CT molecular complexity index is 238. The zero-order valence-electron chi connectivity index (χ0n) is 13.5. The molecule has 1 nitrogen and oxygen atoms in total. The van der Waals surface area contributed by atoms with Crippen LogP contribution in [0.4, 0.5) is 0 Å². The van der Waals surface area contributed by atoms with Crippen LogP contribution in [0.5, 0.6) is 0 Å². The van der Waals surface area contributed by atoms with Gasteiger partial charge in [0.2, 0.25) is 0 Å². The Morgan fingerprint density at radius 3 is 1.84 bits per heavy atom. The molecule has 0 aromatic carbocycles. The maximum atomic E-state index is 6.78. The summed E-state index contributed by atoms with van der Waals surface area (Å²) in [5, 5.41) is 0. The maximum absolute atomic E-state index is 6.78. The van der Waals surface area contributed by atoms with Gasteiger partial charge < -0.3 is 0 Å². The molecule has 112 valence electrons. The van der Waals surface area contributed by atoms with Crippen LogP contribution in [0.15, 0.2) is 11.8 Å². The molecule has 0 heterocycles. The number of hydrogen-bond acceptors (Lipinski definition) is 1. The molecule has 0 aromatic heterocycles. The average molecular weight is 373 g/mol. The molecule has 0 unspecified atom stereocenters. The van der Waals surface area contributed by atoms with Gasteiger partial charge in [-0.3, -0.25) is 0 Å². The van der Waals surface area contributed by atoms with E-state index >= 15 is 0 Å². The molecular formula is C17H34OSn. The van der Waals surface area contributed by atoms with Crippen molar-refractivity contribution in [1.29, 1.82) is 0 Å². The minimum atomic E-state index is -2.33. The Morgan fingerprint density at radius 2 is 1.47 bits per heavy atom. The van der Waals surface area contributed by atoms with Crippen LogP contribution in [-0.2, 0) is 3.07 Å². The molecule has 0 aliphatic heterocycles. The van der Waals surface area contributed by atoms with Crippen molar-refractivity contribution in [1.82, 2.24) is 0 Å². The van der Waals surface area contributed by atoms with Gasteiger partial charge in [0.1, 0.15) is 0 Å². The Morgan fingerprint density at radius 1 is 0.947 bits per heavy atom. The van der Waals surface area contributed by atoms with E-state index in [1.54, 1.807) is 0 Å². The number of hydrogen-bond donors (Lipinski definition) is 0. The third-order valence-electron chi connectivity index (χ3n) is 4.30. The molecule has 0 N–H and O–H groups in total. The van der Waals surface area contributed by atoms with Crippen molar-refractivity contribution >= 4 is 18.8 Å². The second kappa shape index (κ2) is 10.1. The first-order valence-corrected chi connectivity index (χ1v) is 15.9. The van der Waals surface area contributed by atoms with Gasteiger partial charge >= 0.3 is 126 Å². The van der Waals surface area contributed by atoms with Crippen LogP contribution in [0.25, 0.3) is 0 Å². The zero-order valence-corrected chi connectivity index (χ0v) is 16.3. The van der Waals surface area contributed by atoms with E-state index in [-0.39, 0.29) is 0 Å². The second-order valence-electron chi connectivity index (χ2n) is 6.16. The third kappa shape index (κ3) is 6.55. The van der Waals surface area contributed by atoms with E-state index in [2.05, 4.69) is 26.8 Å². The van der Waals surface area contributed by atoms with E-state index in [9.17, 15) is 0 Å². The van der Waals surface area contributed by atoms with E-state index in [1.807, 2.05) is 0 Å². The van der Waals surface area contributed by atoms with Crippen LogP contribution in [0.3, 0.4) is 0 Å². The van der Waals surface area contributed by atoms with Gasteiger partial charge in [-0.25, -0.2) is 0 Å². The van der Waals surface area contributed by atoms with Crippen LogP contribution in [0.1, 0.15) is 78.6 Å². The van der Waals surface area contributed by atoms with Gasteiger partial charge in [-0.1, -0.05) is 0 Å². The molecule has 0 aromatic rings. The van der Waals surface area contributed by atoms with E-state index in [1.165, 1.54) is 76.9 Å². The van der Waals surface area contributed by atoms with Crippen molar-refractivity contribution in [2.75, 3.05) is 0 Å². The fourth-order valence-corrected chi connectivity index (χ4v) is 16.7. The summed E-state index contributed by atoms with van der Waals surface area (Å²) < 4.78 is 11.2. The average Bonchev–Trinajstić information content (AvgIpc) is 2.93. The molecule has 0 atom stereocenters. The molecule has 19 heavy (non-hydrogen) atoms. The zero-order chi connectivity index (χ0) is 14.0. The fourth-order valence-electron chi connectivity index (χ4n) is 3.04. The van der Waals surface area contributed by atoms with Crippen molar-refractivity contribution in [2.45, 2.75) is 91.9 Å². The van der Waals surface area contributed by atoms with Gasteiger partial charge in [-0.2, -0.15) is 0 Å². The van der Waals surface area contributed by atoms with Gasteiger partial charge in [0.15, 0.2) is 0 Å². The summed E-state index contributed by atoms with van der Waals surface area (Å²) in [4.78, 5) is 0. The number of allylic oxidation sites excluding steroid dienone is 2. The Balaban J connectivity index is 2.67. The van der Waals surface area contributed by atoms with E-state index in [4.69, 9.17) is 3.07 Å².